The average Bonchev–Trinajstić information content (AvgIpc) is 3.54. The molecule has 3 aliphatic heterocycles. The third-order valence-electron chi connectivity index (χ3n) is 9.06. The van der Waals surface area contributed by atoms with Gasteiger partial charge in [-0.05, 0) is 29.7 Å². The Morgan fingerprint density at radius 1 is 0.930 bits per heavy atom. The smallest absolute Gasteiger partial charge is 0.430 e. The lowest BCUT2D eigenvalue weighted by molar-refractivity contribution is -0.956. The molecule has 0 aliphatic carbocycles. The molecule has 43 heavy (non-hydrogen) atoms. The predicted octanol–water partition coefficient (Wildman–Crippen LogP) is 5.97. The van der Waals surface area contributed by atoms with Crippen molar-refractivity contribution in [3.8, 4) is 0 Å². The van der Waals surface area contributed by atoms with Crippen LogP contribution >= 0.6 is 11.8 Å². The fourth-order valence-electron chi connectivity index (χ4n) is 7.15. The minimum absolute atomic E-state index is 0.0295. The van der Waals surface area contributed by atoms with Crippen LogP contribution < -0.4 is 5.11 Å². The van der Waals surface area contributed by atoms with Gasteiger partial charge in [0.25, 0.3) is 0 Å². The molecule has 1 spiro atoms. The second-order valence-electron chi connectivity index (χ2n) is 11.7. The molecule has 3 unspecified atom stereocenters. The highest BCUT2D eigenvalue weighted by atomic mass is 32.2. The van der Waals surface area contributed by atoms with Crippen molar-refractivity contribution < 1.29 is 41.8 Å². The van der Waals surface area contributed by atoms with Crippen molar-refractivity contribution in [2.24, 2.45) is 0 Å². The van der Waals surface area contributed by atoms with Crippen LogP contribution in [-0.4, -0.2) is 65.1 Å². The van der Waals surface area contributed by atoms with E-state index in [1.807, 2.05) is 60.7 Å². The predicted molar refractivity (Wildman–Crippen MR) is 158 cm³/mol. The van der Waals surface area contributed by atoms with Gasteiger partial charge < -0.3 is 23.9 Å². The minimum Gasteiger partial charge on any atom is -0.542 e. The number of carboxylic acids is 1. The van der Waals surface area contributed by atoms with Crippen LogP contribution in [0.5, 0.6) is 0 Å². The molecule has 0 N–H and O–H groups in total. The zero-order valence-electron chi connectivity index (χ0n) is 24.9. The number of alkyl halides is 3. The first kappa shape index (κ1) is 33.3. The second-order valence-corrected chi connectivity index (χ2v) is 12.9. The molecule has 0 aromatic heterocycles. The summed E-state index contributed by atoms with van der Waals surface area (Å²) in [6, 6.07) is 21.3. The number of piperidine rings is 1. The Morgan fingerprint density at radius 3 is 1.84 bits per heavy atom. The van der Waals surface area contributed by atoms with Crippen LogP contribution in [0, 0.1) is 0 Å². The van der Waals surface area contributed by atoms with E-state index in [1.54, 1.807) is 11.8 Å². The molecule has 0 saturated carbocycles. The number of carbonyl (C=O) groups excluding carboxylic acids is 2. The van der Waals surface area contributed by atoms with Crippen LogP contribution in [0.15, 0.2) is 60.7 Å². The lowest BCUT2D eigenvalue weighted by Crippen LogP contribution is -2.60. The molecular weight excluding hydrogens is 579 g/mol. The second kappa shape index (κ2) is 14.5. The number of nitrogens with zero attached hydrogens (tertiary/aromatic N) is 1. The summed E-state index contributed by atoms with van der Waals surface area (Å²) in [4.78, 5) is 23.2. The van der Waals surface area contributed by atoms with Crippen molar-refractivity contribution in [2.75, 3.05) is 18.8 Å². The number of aliphatic carboxylic acids is 1. The number of quaternary nitrogens is 1. The molecule has 2 bridgehead atoms. The summed E-state index contributed by atoms with van der Waals surface area (Å²) in [7, 11) is 0. The Balaban J connectivity index is 0.000000541. The number of rotatable bonds is 10. The zero-order valence-corrected chi connectivity index (χ0v) is 25.7. The zero-order chi connectivity index (χ0) is 31.1. The van der Waals surface area contributed by atoms with E-state index in [-0.39, 0.29) is 17.5 Å². The van der Waals surface area contributed by atoms with E-state index in [0.29, 0.717) is 12.1 Å². The molecule has 3 saturated heterocycles. The third kappa shape index (κ3) is 7.40. The van der Waals surface area contributed by atoms with Gasteiger partial charge in [0.05, 0.1) is 25.2 Å². The van der Waals surface area contributed by atoms with Gasteiger partial charge in [-0.3, -0.25) is 0 Å². The van der Waals surface area contributed by atoms with Crippen LogP contribution in [0.1, 0.15) is 76.3 Å². The molecule has 3 fully saturated rings. The molecule has 2 aromatic rings. The number of carbonyl (C=O) groups is 2. The maximum Gasteiger partial charge on any atom is 0.430 e. The van der Waals surface area contributed by atoms with E-state index < -0.39 is 17.7 Å². The number of benzene rings is 2. The molecule has 236 valence electrons. The highest BCUT2D eigenvalue weighted by molar-refractivity contribution is 7.99. The van der Waals surface area contributed by atoms with E-state index in [2.05, 4.69) is 13.8 Å². The average molecular weight is 622 g/mol. The van der Waals surface area contributed by atoms with Crippen LogP contribution in [0.25, 0.3) is 0 Å². The summed E-state index contributed by atoms with van der Waals surface area (Å²) >= 11 is 1.79. The van der Waals surface area contributed by atoms with Crippen molar-refractivity contribution in [3.05, 3.63) is 71.8 Å². The number of ether oxygens (including phenoxy) is 2. The highest BCUT2D eigenvalue weighted by Crippen LogP contribution is 2.47. The van der Waals surface area contributed by atoms with E-state index in [4.69, 9.17) is 19.4 Å². The first-order chi connectivity index (χ1) is 20.6. The van der Waals surface area contributed by atoms with Crippen molar-refractivity contribution in [3.63, 3.8) is 0 Å². The standard InChI is InChI=1S/C31H42NO3S.C2HF3O2/c1-3-21-36-29(4-2)35-31(24-13-7-5-8-14-24,25-15-9-6-10-16-25)30(33)34-28-22-26-17-18-27(23-28)32(26)19-11-12-20-32;3-2(4,5)1(6)7/h5-10,13-16,26-29H,3-4,11-12,17-23H2,1-2H3;(H,6,7)/q+1;/p-1. The van der Waals surface area contributed by atoms with Gasteiger partial charge in [-0.2, -0.15) is 13.2 Å². The van der Waals surface area contributed by atoms with Gasteiger partial charge in [0.2, 0.25) is 5.60 Å². The maximum absolute atomic E-state index is 14.4. The number of carboxylic acid groups (broad SMARTS) is 1. The number of hydrogen-bond acceptors (Lipinski definition) is 6. The molecule has 3 heterocycles. The summed E-state index contributed by atoms with van der Waals surface area (Å²) < 4.78 is 46.3. The first-order valence-electron chi connectivity index (χ1n) is 15.3. The topological polar surface area (TPSA) is 75.7 Å². The molecular formula is C33H42F3NO5S. The number of thioether (sulfide) groups is 1. The van der Waals surface area contributed by atoms with Gasteiger partial charge in [-0.25, -0.2) is 4.79 Å². The van der Waals surface area contributed by atoms with Crippen LogP contribution in [0.3, 0.4) is 0 Å². The molecule has 3 aliphatic rings. The quantitative estimate of drug-likeness (QED) is 0.185. The Labute approximate surface area is 256 Å². The molecule has 0 radical (unpaired) electrons. The van der Waals surface area contributed by atoms with E-state index in [9.17, 15) is 18.0 Å². The van der Waals surface area contributed by atoms with Crippen LogP contribution in [0.2, 0.25) is 0 Å². The summed E-state index contributed by atoms with van der Waals surface area (Å²) in [5, 5.41) is 8.78. The maximum atomic E-state index is 14.4. The van der Waals surface area contributed by atoms with Crippen molar-refractivity contribution in [1.29, 1.82) is 0 Å². The fourth-order valence-corrected chi connectivity index (χ4v) is 8.10. The van der Waals surface area contributed by atoms with Crippen molar-refractivity contribution in [2.45, 2.75) is 101 Å². The van der Waals surface area contributed by atoms with E-state index >= 15 is 0 Å². The molecule has 5 rings (SSSR count). The Kier molecular flexibility index (Phi) is 11.2. The van der Waals surface area contributed by atoms with Gasteiger partial charge in [-0.15, -0.1) is 11.8 Å². The third-order valence-corrected chi connectivity index (χ3v) is 10.5. The first-order valence-corrected chi connectivity index (χ1v) is 16.4. The van der Waals surface area contributed by atoms with Crippen LogP contribution in [-0.2, 0) is 24.7 Å². The number of hydrogen-bond donors (Lipinski definition) is 0. The Bertz CT molecular complexity index is 1130. The lowest BCUT2D eigenvalue weighted by Gasteiger charge is -2.47. The van der Waals surface area contributed by atoms with Gasteiger partial charge >= 0.3 is 12.1 Å². The number of esters is 1. The SMILES string of the molecule is CCCSC(CC)OC(C(=O)OC1CC2CCC(C1)[N+]21CCCC1)(c1ccccc1)c1ccccc1.O=C([O-])C(F)(F)F. The van der Waals surface area contributed by atoms with Crippen molar-refractivity contribution >= 4 is 23.7 Å². The lowest BCUT2D eigenvalue weighted by atomic mass is 9.85. The van der Waals surface area contributed by atoms with Gasteiger partial charge in [0.15, 0.2) is 0 Å². The molecule has 6 nitrogen and oxygen atoms in total. The highest BCUT2D eigenvalue weighted by Gasteiger charge is 2.57. The summed E-state index contributed by atoms with van der Waals surface area (Å²) in [5.74, 6) is -2.26. The van der Waals surface area contributed by atoms with Gasteiger partial charge in [0.1, 0.15) is 17.5 Å². The molecule has 0 amide bonds. The summed E-state index contributed by atoms with van der Waals surface area (Å²) in [5.41, 5.74) is 0.316. The molecule has 3 atom stereocenters. The largest absolute Gasteiger partial charge is 0.542 e. The van der Waals surface area contributed by atoms with E-state index in [1.165, 1.54) is 43.3 Å². The van der Waals surface area contributed by atoms with Crippen LogP contribution in [0.4, 0.5) is 13.2 Å². The van der Waals surface area contributed by atoms with Gasteiger partial charge in [-0.1, -0.05) is 74.5 Å². The number of halogens is 3. The Hall–Kier alpha value is -2.56. The van der Waals surface area contributed by atoms with E-state index in [0.717, 1.165) is 42.6 Å². The summed E-state index contributed by atoms with van der Waals surface area (Å²) in [6.07, 6.45) is 3.92. The monoisotopic (exact) mass is 621 g/mol. The molecule has 2 aromatic carbocycles. The Morgan fingerprint density at radius 2 is 1.42 bits per heavy atom. The summed E-state index contributed by atoms with van der Waals surface area (Å²) in [6.45, 7) is 6.97. The van der Waals surface area contributed by atoms with Crippen molar-refractivity contribution in [1.82, 2.24) is 0 Å². The molecule has 10 heteroatoms. The minimum atomic E-state index is -5.19. The fraction of sp³-hybridized carbons (Fsp3) is 0.576. The normalized spacial score (nSPS) is 23.3. The van der Waals surface area contributed by atoms with Gasteiger partial charge in [0, 0.05) is 38.5 Å².